The highest BCUT2D eigenvalue weighted by atomic mass is 16.5. The Morgan fingerprint density at radius 2 is 1.21 bits per heavy atom. The molecule has 0 aliphatic carbocycles. The Morgan fingerprint density at radius 1 is 0.765 bits per heavy atom. The topological polar surface area (TPSA) is 203 Å². The number of carbonyl (C=O) groups is 7. The second kappa shape index (κ2) is 15.9. The maximum absolute atomic E-state index is 12.8. The molecule has 13 nitrogen and oxygen atoms in total. The zero-order valence-electron chi connectivity index (χ0n) is 20.0. The van der Waals surface area contributed by atoms with Gasteiger partial charge in [-0.15, -0.1) is 0 Å². The first kappa shape index (κ1) is 31.1. The van der Waals surface area contributed by atoms with Gasteiger partial charge in [0.15, 0.2) is 11.6 Å². The van der Waals surface area contributed by atoms with E-state index >= 15 is 0 Å². The van der Waals surface area contributed by atoms with Gasteiger partial charge in [0, 0.05) is 12.8 Å². The van der Waals surface area contributed by atoms with Crippen LogP contribution >= 0.6 is 0 Å². The predicted molar refractivity (Wildman–Crippen MR) is 120 cm³/mol. The van der Waals surface area contributed by atoms with Crippen molar-refractivity contribution in [2.24, 2.45) is 5.73 Å². The van der Waals surface area contributed by atoms with Crippen LogP contribution in [0.4, 0.5) is 0 Å². The number of hydrogen-bond acceptors (Lipinski definition) is 12. The number of hydrogen-bond donors (Lipinski definition) is 5. The Labute approximate surface area is 198 Å². The van der Waals surface area contributed by atoms with Gasteiger partial charge in [-0.25, -0.2) is 0 Å². The maximum atomic E-state index is 12.8. The predicted octanol–water partition coefficient (Wildman–Crippen LogP) is -2.86. The van der Waals surface area contributed by atoms with E-state index in [1.54, 1.807) is 0 Å². The Bertz CT molecular complexity index is 747. The van der Waals surface area contributed by atoms with E-state index < -0.39 is 72.3 Å². The molecule has 0 radical (unpaired) electrons. The largest absolute Gasteiger partial charge is 0.468 e. The molecule has 0 unspecified atom stereocenters. The van der Waals surface area contributed by atoms with Crippen molar-refractivity contribution >= 4 is 42.3 Å². The summed E-state index contributed by atoms with van der Waals surface area (Å²) in [6.45, 7) is 5.85. The molecule has 7 atom stereocenters. The number of nitrogens with two attached hydrogens (primary N) is 1. The number of aldehydes is 3. The summed E-state index contributed by atoms with van der Waals surface area (Å²) >= 11 is 0. The Balaban J connectivity index is 5.31. The van der Waals surface area contributed by atoms with Gasteiger partial charge < -0.3 is 30.2 Å². The van der Waals surface area contributed by atoms with Gasteiger partial charge in [0.2, 0.25) is 5.91 Å². The molecule has 192 valence electrons. The number of nitrogens with one attached hydrogen (secondary N) is 4. The SMILES string of the molecule is COC(=O)[C@@H](CC(=O)[C@H](C)NC(=O)[C@@H](CC(=O)[C@@H](N)N[C@@H](C)C=O)N[C@@H](C)C=O)N[C@@H](C)C=O. The lowest BCUT2D eigenvalue weighted by Gasteiger charge is -2.24. The fraction of sp³-hybridized carbons (Fsp3) is 0.667. The molecule has 0 bridgehead atoms. The highest BCUT2D eigenvalue weighted by Crippen LogP contribution is 2.04. The average Bonchev–Trinajstić information content (AvgIpc) is 2.81. The number of rotatable bonds is 18. The molecule has 0 fully saturated rings. The van der Waals surface area contributed by atoms with Crippen LogP contribution in [0.1, 0.15) is 40.5 Å². The summed E-state index contributed by atoms with van der Waals surface area (Å²) in [5.74, 6) is -2.64. The molecule has 0 saturated heterocycles. The Morgan fingerprint density at radius 3 is 1.68 bits per heavy atom. The van der Waals surface area contributed by atoms with Crippen LogP contribution in [0, 0.1) is 0 Å². The van der Waals surface area contributed by atoms with Gasteiger partial charge in [-0.1, -0.05) is 0 Å². The van der Waals surface area contributed by atoms with E-state index in [1.807, 2.05) is 0 Å². The van der Waals surface area contributed by atoms with Crippen molar-refractivity contribution in [2.75, 3.05) is 7.11 Å². The van der Waals surface area contributed by atoms with E-state index in [0.717, 1.165) is 7.11 Å². The van der Waals surface area contributed by atoms with E-state index in [1.165, 1.54) is 27.7 Å². The quantitative estimate of drug-likeness (QED) is 0.0755. The number of ketones is 2. The number of Topliss-reactive ketones (excluding diaryl/α,β-unsaturated/α-hetero) is 2. The highest BCUT2D eigenvalue weighted by Gasteiger charge is 2.30. The Kier molecular flexibility index (Phi) is 14.5. The van der Waals surface area contributed by atoms with Crippen LogP contribution in [0.5, 0.6) is 0 Å². The molecule has 0 aromatic heterocycles. The van der Waals surface area contributed by atoms with Crippen molar-refractivity contribution in [3.63, 3.8) is 0 Å². The molecule has 0 saturated carbocycles. The summed E-state index contributed by atoms with van der Waals surface area (Å²) in [5.41, 5.74) is 5.72. The summed E-state index contributed by atoms with van der Waals surface area (Å²) in [6, 6.07) is -5.57. The zero-order chi connectivity index (χ0) is 26.4. The third kappa shape index (κ3) is 11.3. The second-order valence-electron chi connectivity index (χ2n) is 7.95. The molecule has 0 heterocycles. The van der Waals surface area contributed by atoms with Gasteiger partial charge >= 0.3 is 5.97 Å². The van der Waals surface area contributed by atoms with Gasteiger partial charge in [-0.05, 0) is 27.7 Å². The van der Waals surface area contributed by atoms with Gasteiger partial charge in [-0.3, -0.25) is 35.1 Å². The number of carbonyl (C=O) groups excluding carboxylic acids is 7. The van der Waals surface area contributed by atoms with Crippen LogP contribution in [-0.2, 0) is 38.3 Å². The lowest BCUT2D eigenvalue weighted by atomic mass is 10.0. The minimum Gasteiger partial charge on any atom is -0.468 e. The third-order valence-electron chi connectivity index (χ3n) is 4.78. The van der Waals surface area contributed by atoms with Crippen molar-refractivity contribution in [3.8, 4) is 0 Å². The fourth-order valence-electron chi connectivity index (χ4n) is 2.81. The van der Waals surface area contributed by atoms with Crippen LogP contribution in [-0.4, -0.2) is 91.8 Å². The molecule has 34 heavy (non-hydrogen) atoms. The highest BCUT2D eigenvalue weighted by molar-refractivity contribution is 5.96. The fourth-order valence-corrected chi connectivity index (χ4v) is 2.81. The van der Waals surface area contributed by atoms with E-state index in [2.05, 4.69) is 26.0 Å². The molecule has 6 N–H and O–H groups in total. The lowest BCUT2D eigenvalue weighted by Crippen LogP contribution is -2.56. The van der Waals surface area contributed by atoms with E-state index in [9.17, 15) is 33.6 Å². The molecule has 0 aliphatic heterocycles. The summed E-state index contributed by atoms with van der Waals surface area (Å²) in [7, 11) is 1.13. The van der Waals surface area contributed by atoms with Crippen LogP contribution < -0.4 is 27.0 Å². The van der Waals surface area contributed by atoms with Crippen LogP contribution in [0.3, 0.4) is 0 Å². The van der Waals surface area contributed by atoms with Crippen LogP contribution in [0.25, 0.3) is 0 Å². The van der Waals surface area contributed by atoms with E-state index in [0.29, 0.717) is 18.9 Å². The lowest BCUT2D eigenvalue weighted by molar-refractivity contribution is -0.145. The molecular formula is C21H35N5O8. The summed E-state index contributed by atoms with van der Waals surface area (Å²) in [5, 5.41) is 10.3. The number of ether oxygens (including phenoxy) is 1. The van der Waals surface area contributed by atoms with Crippen molar-refractivity contribution < 1.29 is 38.3 Å². The summed E-state index contributed by atoms with van der Waals surface area (Å²) < 4.78 is 4.64. The molecular weight excluding hydrogens is 450 g/mol. The standard InChI is InChI=1S/C21H35N5O8/c1-11(8-27)23-15(6-18(31)19(22)25-13(3)10-29)20(32)26-14(4)17(30)7-16(21(33)34-5)24-12(2)9-28/h8-16,19,23-25H,6-7,22H2,1-5H3,(H,26,32)/t11-,12-,13-,14-,15+,16+,19-/m0/s1. The molecule has 13 heteroatoms. The molecule has 1 amide bonds. The number of amides is 1. The van der Waals surface area contributed by atoms with Crippen LogP contribution in [0.2, 0.25) is 0 Å². The van der Waals surface area contributed by atoms with Crippen molar-refractivity contribution in [1.29, 1.82) is 0 Å². The molecule has 0 aromatic rings. The zero-order valence-corrected chi connectivity index (χ0v) is 20.0. The number of esters is 1. The number of methoxy groups -OCH3 is 1. The molecule has 0 spiro atoms. The van der Waals surface area contributed by atoms with Crippen molar-refractivity contribution in [1.82, 2.24) is 21.3 Å². The van der Waals surface area contributed by atoms with Gasteiger partial charge in [0.25, 0.3) is 0 Å². The summed E-state index contributed by atoms with van der Waals surface area (Å²) in [6.07, 6.45) is -0.367. The minimum atomic E-state index is -1.23. The van der Waals surface area contributed by atoms with Crippen LogP contribution in [0.15, 0.2) is 0 Å². The first-order valence-corrected chi connectivity index (χ1v) is 10.7. The summed E-state index contributed by atoms with van der Waals surface area (Å²) in [4.78, 5) is 82.4. The maximum Gasteiger partial charge on any atom is 0.323 e. The average molecular weight is 486 g/mol. The van der Waals surface area contributed by atoms with Crippen molar-refractivity contribution in [3.05, 3.63) is 0 Å². The van der Waals surface area contributed by atoms with E-state index in [4.69, 9.17) is 5.73 Å². The molecule has 0 rings (SSSR count). The molecule has 0 aromatic carbocycles. The first-order valence-electron chi connectivity index (χ1n) is 10.7. The molecule has 0 aliphatic rings. The van der Waals surface area contributed by atoms with Gasteiger partial charge in [-0.2, -0.15) is 0 Å². The van der Waals surface area contributed by atoms with Crippen molar-refractivity contribution in [2.45, 2.75) is 83.0 Å². The smallest absolute Gasteiger partial charge is 0.323 e. The third-order valence-corrected chi connectivity index (χ3v) is 4.78. The minimum absolute atomic E-state index is 0.369. The Hall–Kier alpha value is -2.87. The second-order valence-corrected chi connectivity index (χ2v) is 7.95. The monoisotopic (exact) mass is 485 g/mol. The first-order chi connectivity index (χ1) is 15.9. The van der Waals surface area contributed by atoms with Gasteiger partial charge in [0.05, 0.1) is 37.3 Å². The van der Waals surface area contributed by atoms with E-state index in [-0.39, 0.29) is 6.42 Å². The van der Waals surface area contributed by atoms with Gasteiger partial charge in [0.1, 0.15) is 31.1 Å². The normalized spacial score (nSPS) is 17.1.